The first-order chi connectivity index (χ1) is 8.15. The third-order valence-corrected chi connectivity index (χ3v) is 3.87. The van der Waals surface area contributed by atoms with Crippen LogP contribution < -0.4 is 0 Å². The highest BCUT2D eigenvalue weighted by Gasteiger charge is 2.21. The lowest BCUT2D eigenvalue weighted by molar-refractivity contribution is -0.137. The molecule has 0 heterocycles. The maximum atomic E-state index is 11.9. The number of Topliss-reactive ketones (excluding diaryl/α,β-unsaturated/α-hetero) is 1. The van der Waals surface area contributed by atoms with Gasteiger partial charge in [0.2, 0.25) is 0 Å². The minimum Gasteiger partial charge on any atom is -0.460 e. The molecule has 0 aromatic heterocycles. The first-order valence-electron chi connectivity index (χ1n) is 5.08. The Labute approximate surface area is 109 Å². The number of hydrogen-bond donors (Lipinski definition) is 0. The molecule has 0 saturated heterocycles. The number of carbonyl (C=O) groups is 2. The van der Waals surface area contributed by atoms with Crippen LogP contribution in [0.5, 0.6) is 0 Å². The molecule has 0 radical (unpaired) electrons. The number of hydrogen-bond acceptors (Lipinski definition) is 5. The van der Waals surface area contributed by atoms with Gasteiger partial charge in [-0.3, -0.25) is 4.79 Å². The fourth-order valence-corrected chi connectivity index (χ4v) is 3.03. The lowest BCUT2D eigenvalue weighted by Crippen LogP contribution is -2.18. The van der Waals surface area contributed by atoms with Crippen molar-refractivity contribution in [2.75, 3.05) is 19.1 Å². The minimum atomic E-state index is -0.791. The van der Waals surface area contributed by atoms with E-state index in [-0.39, 0.29) is 6.61 Å². The normalized spacial score (nSPS) is 10.1. The van der Waals surface area contributed by atoms with Gasteiger partial charge in [-0.25, -0.2) is 4.79 Å². The Morgan fingerprint density at radius 1 is 1.24 bits per heavy atom. The standard InChI is InChI=1S/C12H14O3S2/c1-4-15-12(14)10(13)8-6-5-7-9(16-2)11(8)17-3/h5-7H,4H2,1-3H3. The van der Waals surface area contributed by atoms with E-state index < -0.39 is 11.8 Å². The summed E-state index contributed by atoms with van der Waals surface area (Å²) in [5.74, 6) is -1.37. The molecule has 1 aromatic rings. The third kappa shape index (κ3) is 3.26. The predicted molar refractivity (Wildman–Crippen MR) is 71.0 cm³/mol. The average molecular weight is 270 g/mol. The number of esters is 1. The number of thioether (sulfide) groups is 2. The van der Waals surface area contributed by atoms with E-state index in [1.807, 2.05) is 18.6 Å². The van der Waals surface area contributed by atoms with Crippen LogP contribution in [0.1, 0.15) is 17.3 Å². The van der Waals surface area contributed by atoms with Gasteiger partial charge >= 0.3 is 5.97 Å². The Morgan fingerprint density at radius 3 is 2.47 bits per heavy atom. The lowest BCUT2D eigenvalue weighted by atomic mass is 10.1. The van der Waals surface area contributed by atoms with E-state index in [1.54, 1.807) is 30.8 Å². The Hall–Kier alpha value is -0.940. The van der Waals surface area contributed by atoms with Gasteiger partial charge in [-0.2, -0.15) is 0 Å². The Balaban J connectivity index is 3.13. The molecule has 92 valence electrons. The molecule has 0 bridgehead atoms. The molecule has 17 heavy (non-hydrogen) atoms. The molecule has 0 spiro atoms. The molecule has 0 amide bonds. The first-order valence-corrected chi connectivity index (χ1v) is 7.53. The van der Waals surface area contributed by atoms with Crippen LogP contribution in [0, 0.1) is 0 Å². The van der Waals surface area contributed by atoms with Gasteiger partial charge in [0.15, 0.2) is 0 Å². The van der Waals surface area contributed by atoms with Crippen LogP contribution in [0.4, 0.5) is 0 Å². The largest absolute Gasteiger partial charge is 0.460 e. The predicted octanol–water partition coefficient (Wildman–Crippen LogP) is 2.88. The van der Waals surface area contributed by atoms with Crippen LogP contribution in [-0.4, -0.2) is 30.9 Å². The van der Waals surface area contributed by atoms with Crippen molar-refractivity contribution in [3.63, 3.8) is 0 Å². The molecule has 0 saturated carbocycles. The molecular weight excluding hydrogens is 256 g/mol. The summed E-state index contributed by atoms with van der Waals surface area (Å²) < 4.78 is 4.73. The van der Waals surface area contributed by atoms with Crippen molar-refractivity contribution in [2.24, 2.45) is 0 Å². The Kier molecular flexibility index (Phi) is 5.58. The SMILES string of the molecule is CCOC(=O)C(=O)c1cccc(SC)c1SC. The van der Waals surface area contributed by atoms with Crippen molar-refractivity contribution in [1.29, 1.82) is 0 Å². The van der Waals surface area contributed by atoms with E-state index in [0.29, 0.717) is 5.56 Å². The van der Waals surface area contributed by atoms with Crippen molar-refractivity contribution in [1.82, 2.24) is 0 Å². The van der Waals surface area contributed by atoms with E-state index in [1.165, 1.54) is 11.8 Å². The smallest absolute Gasteiger partial charge is 0.379 e. The summed E-state index contributed by atoms with van der Waals surface area (Å²) in [6, 6.07) is 5.36. The minimum absolute atomic E-state index is 0.210. The number of rotatable bonds is 5. The molecule has 0 aliphatic carbocycles. The molecule has 0 aliphatic rings. The van der Waals surface area contributed by atoms with E-state index in [9.17, 15) is 9.59 Å². The molecule has 5 heteroatoms. The van der Waals surface area contributed by atoms with Gasteiger partial charge in [-0.05, 0) is 31.6 Å². The van der Waals surface area contributed by atoms with Crippen molar-refractivity contribution in [3.8, 4) is 0 Å². The van der Waals surface area contributed by atoms with Crippen LogP contribution in [0.25, 0.3) is 0 Å². The molecule has 1 rings (SSSR count). The quantitative estimate of drug-likeness (QED) is 0.356. The van der Waals surface area contributed by atoms with Crippen LogP contribution in [0.15, 0.2) is 28.0 Å². The number of benzene rings is 1. The van der Waals surface area contributed by atoms with Gasteiger partial charge in [0.25, 0.3) is 5.78 Å². The van der Waals surface area contributed by atoms with Gasteiger partial charge in [0.1, 0.15) is 0 Å². The highest BCUT2D eigenvalue weighted by atomic mass is 32.2. The number of ether oxygens (including phenoxy) is 1. The van der Waals surface area contributed by atoms with E-state index >= 15 is 0 Å². The zero-order chi connectivity index (χ0) is 12.8. The summed E-state index contributed by atoms with van der Waals surface area (Å²) >= 11 is 3.01. The fraction of sp³-hybridized carbons (Fsp3) is 0.333. The van der Waals surface area contributed by atoms with Crippen LogP contribution >= 0.6 is 23.5 Å². The molecule has 3 nitrogen and oxygen atoms in total. The molecule has 0 N–H and O–H groups in total. The van der Waals surface area contributed by atoms with E-state index in [4.69, 9.17) is 4.74 Å². The summed E-state index contributed by atoms with van der Waals surface area (Å²) in [4.78, 5) is 25.1. The van der Waals surface area contributed by atoms with Gasteiger partial charge in [-0.1, -0.05) is 6.07 Å². The zero-order valence-corrected chi connectivity index (χ0v) is 11.6. The molecule has 0 unspecified atom stereocenters. The first kappa shape index (κ1) is 14.1. The van der Waals surface area contributed by atoms with Gasteiger partial charge in [-0.15, -0.1) is 23.5 Å². The lowest BCUT2D eigenvalue weighted by Gasteiger charge is -2.09. The second-order valence-corrected chi connectivity index (χ2v) is 4.76. The summed E-state index contributed by atoms with van der Waals surface area (Å²) in [5.41, 5.74) is 0.419. The summed E-state index contributed by atoms with van der Waals surface area (Å²) in [6.45, 7) is 1.89. The highest BCUT2D eigenvalue weighted by molar-refractivity contribution is 8.01. The van der Waals surface area contributed by atoms with Crippen molar-refractivity contribution < 1.29 is 14.3 Å². The van der Waals surface area contributed by atoms with Crippen molar-refractivity contribution >= 4 is 35.3 Å². The summed E-state index contributed by atoms with van der Waals surface area (Å²) in [7, 11) is 0. The summed E-state index contributed by atoms with van der Waals surface area (Å²) in [6.07, 6.45) is 3.82. The zero-order valence-electron chi connectivity index (χ0n) is 9.98. The maximum Gasteiger partial charge on any atom is 0.379 e. The summed E-state index contributed by atoms with van der Waals surface area (Å²) in [5, 5.41) is 0. The number of carbonyl (C=O) groups excluding carboxylic acids is 2. The van der Waals surface area contributed by atoms with E-state index in [2.05, 4.69) is 0 Å². The van der Waals surface area contributed by atoms with Crippen LogP contribution in [-0.2, 0) is 9.53 Å². The number of ketones is 1. The second-order valence-electron chi connectivity index (χ2n) is 3.09. The van der Waals surface area contributed by atoms with Crippen molar-refractivity contribution in [2.45, 2.75) is 16.7 Å². The Morgan fingerprint density at radius 2 is 1.94 bits per heavy atom. The van der Waals surface area contributed by atoms with Crippen LogP contribution in [0.2, 0.25) is 0 Å². The molecule has 1 aromatic carbocycles. The fourth-order valence-electron chi connectivity index (χ4n) is 1.37. The molecule has 0 atom stereocenters. The van der Waals surface area contributed by atoms with Gasteiger partial charge < -0.3 is 4.74 Å². The molecule has 0 fully saturated rings. The van der Waals surface area contributed by atoms with Gasteiger partial charge in [0, 0.05) is 15.4 Å². The average Bonchev–Trinajstić information content (AvgIpc) is 2.36. The monoisotopic (exact) mass is 270 g/mol. The Bertz CT molecular complexity index is 430. The van der Waals surface area contributed by atoms with Gasteiger partial charge in [0.05, 0.1) is 6.61 Å². The third-order valence-electron chi connectivity index (χ3n) is 2.11. The molecular formula is C12H14O3S2. The molecule has 0 aliphatic heterocycles. The van der Waals surface area contributed by atoms with Crippen molar-refractivity contribution in [3.05, 3.63) is 23.8 Å². The second kappa shape index (κ2) is 6.71. The maximum absolute atomic E-state index is 11.9. The topological polar surface area (TPSA) is 43.4 Å². The van der Waals surface area contributed by atoms with Crippen LogP contribution in [0.3, 0.4) is 0 Å². The highest BCUT2D eigenvalue weighted by Crippen LogP contribution is 2.31. The van der Waals surface area contributed by atoms with E-state index in [0.717, 1.165) is 9.79 Å².